The normalized spacial score (nSPS) is 14.0. The van der Waals surface area contributed by atoms with E-state index in [0.29, 0.717) is 32.5 Å². The van der Waals surface area contributed by atoms with E-state index in [9.17, 15) is 0 Å². The Hall–Kier alpha value is -2.10. The molecule has 0 aliphatic heterocycles. The summed E-state index contributed by atoms with van der Waals surface area (Å²) in [5.41, 5.74) is 2.02. The summed E-state index contributed by atoms with van der Waals surface area (Å²) >= 11 is 1.70. The maximum Gasteiger partial charge on any atom is 0.123 e. The van der Waals surface area contributed by atoms with Gasteiger partial charge in [-0.1, -0.05) is 30.0 Å². The van der Waals surface area contributed by atoms with Crippen LogP contribution in [0.25, 0.3) is 11.1 Å². The first-order chi connectivity index (χ1) is 15.6. The van der Waals surface area contributed by atoms with Gasteiger partial charge in [-0.3, -0.25) is 4.90 Å². The van der Waals surface area contributed by atoms with E-state index in [2.05, 4.69) is 51.8 Å². The smallest absolute Gasteiger partial charge is 0.123 e. The van der Waals surface area contributed by atoms with Gasteiger partial charge in [-0.25, -0.2) is 0 Å². The monoisotopic (exact) mass is 453 g/mol. The topological polar surface area (TPSA) is 30.9 Å². The lowest BCUT2D eigenvalue weighted by atomic mass is 10.1. The highest BCUT2D eigenvalue weighted by Gasteiger charge is 2.27. The van der Waals surface area contributed by atoms with Gasteiger partial charge in [0.1, 0.15) is 18.0 Å². The zero-order valence-corrected chi connectivity index (χ0v) is 20.3. The fourth-order valence-corrected chi connectivity index (χ4v) is 4.08. The molecule has 4 nitrogen and oxygen atoms in total. The number of benzene rings is 1. The third-order valence-electron chi connectivity index (χ3n) is 5.19. The highest BCUT2D eigenvalue weighted by Crippen LogP contribution is 2.27. The number of hydrogen-bond donors (Lipinski definition) is 0. The lowest BCUT2D eigenvalue weighted by molar-refractivity contribution is 0.0362. The van der Waals surface area contributed by atoms with Gasteiger partial charge >= 0.3 is 0 Å². The van der Waals surface area contributed by atoms with Crippen LogP contribution in [0.15, 0.2) is 53.2 Å². The zero-order valence-electron chi connectivity index (χ0n) is 19.5. The molecule has 3 rings (SSSR count). The van der Waals surface area contributed by atoms with E-state index >= 15 is 0 Å². The van der Waals surface area contributed by atoms with Crippen LogP contribution in [-0.2, 0) is 9.47 Å². The van der Waals surface area contributed by atoms with Crippen LogP contribution in [-0.4, -0.2) is 56.1 Å². The maximum absolute atomic E-state index is 5.88. The molecule has 1 aromatic carbocycles. The molecule has 0 radical (unpaired) electrons. The van der Waals surface area contributed by atoms with Crippen LogP contribution in [0.2, 0.25) is 0 Å². The van der Waals surface area contributed by atoms with Crippen molar-refractivity contribution in [1.82, 2.24) is 4.90 Å². The highest BCUT2D eigenvalue weighted by molar-refractivity contribution is 7.08. The van der Waals surface area contributed by atoms with Crippen molar-refractivity contribution >= 4 is 11.3 Å². The number of nitrogens with zero attached hydrogens (tertiary/aromatic N) is 1. The Balaban J connectivity index is 1.32. The third-order valence-corrected chi connectivity index (χ3v) is 5.87. The Morgan fingerprint density at radius 1 is 1.16 bits per heavy atom. The summed E-state index contributed by atoms with van der Waals surface area (Å²) in [7, 11) is 0. The zero-order chi connectivity index (χ0) is 22.7. The molecule has 1 saturated carbocycles. The van der Waals surface area contributed by atoms with Gasteiger partial charge in [0, 0.05) is 25.7 Å². The lowest BCUT2D eigenvalue weighted by Crippen LogP contribution is -2.30. The van der Waals surface area contributed by atoms with Gasteiger partial charge in [0.25, 0.3) is 0 Å². The summed E-state index contributed by atoms with van der Waals surface area (Å²) in [4.78, 5) is 2.47. The van der Waals surface area contributed by atoms with E-state index in [1.807, 2.05) is 39.0 Å². The van der Waals surface area contributed by atoms with Gasteiger partial charge in [-0.2, -0.15) is 11.3 Å². The molecule has 0 atom stereocenters. The van der Waals surface area contributed by atoms with Crippen LogP contribution >= 0.6 is 11.3 Å². The number of hydrogen-bond acceptors (Lipinski definition) is 5. The first-order valence-electron chi connectivity index (χ1n) is 11.5. The second kappa shape index (κ2) is 12.8. The number of thiophene rings is 1. The first-order valence-corrected chi connectivity index (χ1v) is 12.4. The average Bonchev–Trinajstić information content (AvgIpc) is 3.47. The van der Waals surface area contributed by atoms with Crippen molar-refractivity contribution < 1.29 is 14.2 Å². The van der Waals surface area contributed by atoms with Crippen LogP contribution < -0.4 is 4.74 Å². The van der Waals surface area contributed by atoms with Crippen LogP contribution in [0.3, 0.4) is 0 Å². The van der Waals surface area contributed by atoms with Crippen molar-refractivity contribution in [1.29, 1.82) is 0 Å². The minimum absolute atomic E-state index is 0.392. The molecule has 0 unspecified atom stereocenters. The summed E-state index contributed by atoms with van der Waals surface area (Å²) in [5.74, 6) is 7.15. The van der Waals surface area contributed by atoms with E-state index in [1.165, 1.54) is 24.0 Å². The van der Waals surface area contributed by atoms with E-state index in [0.717, 1.165) is 18.8 Å². The molecule has 0 N–H and O–H groups in total. The van der Waals surface area contributed by atoms with Crippen molar-refractivity contribution in [3.05, 3.63) is 53.2 Å². The summed E-state index contributed by atoms with van der Waals surface area (Å²) in [5, 5.41) is 4.24. The predicted molar refractivity (Wildman–Crippen MR) is 133 cm³/mol. The van der Waals surface area contributed by atoms with Crippen LogP contribution in [0.4, 0.5) is 0 Å². The van der Waals surface area contributed by atoms with Crippen molar-refractivity contribution in [3.8, 4) is 28.7 Å². The Labute approximate surface area is 197 Å². The molecule has 0 spiro atoms. The van der Waals surface area contributed by atoms with E-state index in [4.69, 9.17) is 14.2 Å². The first kappa shape index (κ1) is 24.5. The fourth-order valence-electron chi connectivity index (χ4n) is 3.42. The number of rotatable bonds is 13. The molecular formula is C27H35NO3S. The molecule has 0 saturated heterocycles. The molecule has 0 amide bonds. The van der Waals surface area contributed by atoms with Gasteiger partial charge in [0.2, 0.25) is 0 Å². The van der Waals surface area contributed by atoms with Crippen LogP contribution in [0.1, 0.15) is 33.6 Å². The molecule has 172 valence electrons. The van der Waals surface area contributed by atoms with Crippen molar-refractivity contribution in [2.24, 2.45) is 0 Å². The second-order valence-corrected chi connectivity index (χ2v) is 9.12. The van der Waals surface area contributed by atoms with Crippen molar-refractivity contribution in [2.75, 3.05) is 39.5 Å². The van der Waals surface area contributed by atoms with Gasteiger partial charge in [0.15, 0.2) is 0 Å². The molecule has 0 bridgehead atoms. The molecule has 2 aromatic rings. The molecule has 1 fully saturated rings. The quantitative estimate of drug-likeness (QED) is 0.290. The largest absolute Gasteiger partial charge is 0.491 e. The summed E-state index contributed by atoms with van der Waals surface area (Å²) in [6.07, 6.45) is 6.63. The van der Waals surface area contributed by atoms with Crippen molar-refractivity contribution in [3.63, 3.8) is 0 Å². The maximum atomic E-state index is 5.88. The summed E-state index contributed by atoms with van der Waals surface area (Å²) in [6, 6.07) is 11.0. The minimum Gasteiger partial charge on any atom is -0.491 e. The molecular weight excluding hydrogens is 418 g/mol. The van der Waals surface area contributed by atoms with Crippen LogP contribution in [0, 0.1) is 11.8 Å². The number of ether oxygens (including phenoxy) is 3. The molecule has 5 heteroatoms. The predicted octanol–water partition coefficient (Wildman–Crippen LogP) is 5.65. The van der Waals surface area contributed by atoms with Crippen molar-refractivity contribution in [2.45, 2.75) is 45.3 Å². The molecule has 1 heterocycles. The average molecular weight is 454 g/mol. The standard InChI is InChI=1S/C27H35NO3S/c1-4-31-27(2,3)14-6-5-7-15-28(25-11-12-25)16-17-29-18-19-30-26-10-8-9-23(21-26)24-13-20-32-22-24/h5,7-10,13,20-22,25H,4,11-12,15-19H2,1-3H3/b7-5+. The molecule has 32 heavy (non-hydrogen) atoms. The Morgan fingerprint density at radius 3 is 2.78 bits per heavy atom. The summed E-state index contributed by atoms with van der Waals surface area (Å²) < 4.78 is 17.3. The molecule has 1 aromatic heterocycles. The molecule has 1 aliphatic rings. The van der Waals surface area contributed by atoms with E-state index in [1.54, 1.807) is 11.3 Å². The summed E-state index contributed by atoms with van der Waals surface area (Å²) in [6.45, 7) is 10.4. The highest BCUT2D eigenvalue weighted by atomic mass is 32.1. The second-order valence-electron chi connectivity index (χ2n) is 8.34. The third kappa shape index (κ3) is 8.80. The lowest BCUT2D eigenvalue weighted by Gasteiger charge is -2.20. The molecule has 1 aliphatic carbocycles. The minimum atomic E-state index is -0.392. The number of allylic oxidation sites excluding steroid dienone is 1. The van der Waals surface area contributed by atoms with Gasteiger partial charge in [0.05, 0.1) is 13.2 Å². The van der Waals surface area contributed by atoms with Crippen LogP contribution in [0.5, 0.6) is 5.75 Å². The Morgan fingerprint density at radius 2 is 2.03 bits per heavy atom. The van der Waals surface area contributed by atoms with Gasteiger partial charge in [-0.05, 0) is 79.8 Å². The van der Waals surface area contributed by atoms with Gasteiger partial charge < -0.3 is 14.2 Å². The fraction of sp³-hybridized carbons (Fsp3) is 0.481. The van der Waals surface area contributed by atoms with E-state index in [-0.39, 0.29) is 0 Å². The SMILES string of the molecule is CCOC(C)(C)C#C/C=C/CN(CCOCCOc1cccc(-c2ccsc2)c1)C1CC1. The van der Waals surface area contributed by atoms with E-state index < -0.39 is 5.60 Å². The van der Waals surface area contributed by atoms with Gasteiger partial charge in [-0.15, -0.1) is 0 Å². The Kier molecular flexibility index (Phi) is 9.83. The Bertz CT molecular complexity index is 891.